The highest BCUT2D eigenvalue weighted by Gasteiger charge is 2.31. The van der Waals surface area contributed by atoms with Gasteiger partial charge in [0.05, 0.1) is 12.1 Å². The number of piperidine rings is 1. The van der Waals surface area contributed by atoms with Crippen LogP contribution in [0.15, 0.2) is 24.3 Å². The number of nitrogens with one attached hydrogen (secondary N) is 1. The zero-order valence-corrected chi connectivity index (χ0v) is 11.3. The number of nitrogens with zero attached hydrogens (tertiary/aromatic N) is 1. The van der Waals surface area contributed by atoms with Crippen molar-refractivity contribution in [1.29, 1.82) is 0 Å². The minimum Gasteiger partial charge on any atom is -0.478 e. The van der Waals surface area contributed by atoms with Crippen LogP contribution in [0.4, 0.5) is 5.69 Å². The van der Waals surface area contributed by atoms with E-state index in [2.05, 4.69) is 5.32 Å². The third kappa shape index (κ3) is 2.61. The van der Waals surface area contributed by atoms with E-state index in [1.165, 1.54) is 6.42 Å². The van der Waals surface area contributed by atoms with Crippen LogP contribution in [-0.2, 0) is 9.59 Å². The summed E-state index contributed by atoms with van der Waals surface area (Å²) in [6, 6.07) is 7.27. The van der Waals surface area contributed by atoms with Crippen LogP contribution < -0.4 is 10.1 Å². The summed E-state index contributed by atoms with van der Waals surface area (Å²) in [4.78, 5) is 26.0. The molecule has 0 radical (unpaired) electrons. The lowest BCUT2D eigenvalue weighted by atomic mass is 10.1. The molecule has 1 aromatic carbocycles. The first kappa shape index (κ1) is 13.0. The summed E-state index contributed by atoms with van der Waals surface area (Å²) in [5.74, 6) is 0.391. The van der Waals surface area contributed by atoms with Crippen LogP contribution in [0.2, 0.25) is 0 Å². The summed E-state index contributed by atoms with van der Waals surface area (Å²) in [5.41, 5.74) is 0.666. The largest absolute Gasteiger partial charge is 0.478 e. The summed E-state index contributed by atoms with van der Waals surface area (Å²) in [6.07, 6.45) is 2.66. The van der Waals surface area contributed by atoms with Crippen molar-refractivity contribution in [3.8, 4) is 5.75 Å². The van der Waals surface area contributed by atoms with Gasteiger partial charge in [0, 0.05) is 13.1 Å². The van der Waals surface area contributed by atoms with Crippen LogP contribution in [0, 0.1) is 0 Å². The fraction of sp³-hybridized carbons (Fsp3) is 0.467. The number of para-hydroxylation sites is 2. The van der Waals surface area contributed by atoms with E-state index in [0.717, 1.165) is 25.9 Å². The van der Waals surface area contributed by atoms with Gasteiger partial charge in [-0.15, -0.1) is 0 Å². The van der Waals surface area contributed by atoms with Gasteiger partial charge in [0.2, 0.25) is 5.91 Å². The molecule has 2 aliphatic heterocycles. The Morgan fingerprint density at radius 3 is 2.80 bits per heavy atom. The maximum Gasteiger partial charge on any atom is 0.266 e. The maximum atomic E-state index is 12.2. The average Bonchev–Trinajstić information content (AvgIpc) is 2.49. The lowest BCUT2D eigenvalue weighted by Crippen LogP contribution is -2.43. The van der Waals surface area contributed by atoms with E-state index in [1.54, 1.807) is 12.1 Å². The number of fused-ring (bicyclic) bond motifs is 1. The number of hydrogen-bond acceptors (Lipinski definition) is 3. The molecule has 1 N–H and O–H groups in total. The molecule has 2 amide bonds. The highest BCUT2D eigenvalue weighted by molar-refractivity contribution is 5.99. The van der Waals surface area contributed by atoms with Crippen LogP contribution in [0.3, 0.4) is 0 Å². The lowest BCUT2D eigenvalue weighted by molar-refractivity contribution is -0.137. The molecule has 0 unspecified atom stereocenters. The third-order valence-electron chi connectivity index (χ3n) is 3.78. The van der Waals surface area contributed by atoms with E-state index in [1.807, 2.05) is 17.0 Å². The monoisotopic (exact) mass is 274 g/mol. The van der Waals surface area contributed by atoms with Gasteiger partial charge in [-0.1, -0.05) is 12.1 Å². The van der Waals surface area contributed by atoms with Crippen LogP contribution >= 0.6 is 0 Å². The Labute approximate surface area is 117 Å². The molecule has 0 aliphatic carbocycles. The molecule has 106 valence electrons. The van der Waals surface area contributed by atoms with E-state index in [0.29, 0.717) is 11.4 Å². The molecule has 0 bridgehead atoms. The van der Waals surface area contributed by atoms with Crippen molar-refractivity contribution in [1.82, 2.24) is 4.90 Å². The van der Waals surface area contributed by atoms with Gasteiger partial charge >= 0.3 is 0 Å². The molecule has 0 spiro atoms. The second kappa shape index (κ2) is 5.53. The summed E-state index contributed by atoms with van der Waals surface area (Å²) >= 11 is 0. The molecule has 2 heterocycles. The van der Waals surface area contributed by atoms with Gasteiger partial charge in [0.1, 0.15) is 5.75 Å². The third-order valence-corrected chi connectivity index (χ3v) is 3.78. The molecule has 3 rings (SSSR count). The van der Waals surface area contributed by atoms with E-state index in [9.17, 15) is 9.59 Å². The van der Waals surface area contributed by atoms with Crippen LogP contribution in [-0.4, -0.2) is 35.9 Å². The van der Waals surface area contributed by atoms with Crippen molar-refractivity contribution in [2.24, 2.45) is 0 Å². The van der Waals surface area contributed by atoms with E-state index in [4.69, 9.17) is 4.74 Å². The number of benzene rings is 1. The highest BCUT2D eigenvalue weighted by atomic mass is 16.5. The Morgan fingerprint density at radius 1 is 1.25 bits per heavy atom. The molecular formula is C15H18N2O3. The molecule has 1 saturated heterocycles. The molecular weight excluding hydrogens is 256 g/mol. The molecule has 1 fully saturated rings. The Balaban J connectivity index is 1.66. The number of anilines is 1. The quantitative estimate of drug-likeness (QED) is 0.894. The van der Waals surface area contributed by atoms with Gasteiger partial charge in [0.25, 0.3) is 5.91 Å². The first-order valence-corrected chi connectivity index (χ1v) is 7.08. The molecule has 5 nitrogen and oxygen atoms in total. The zero-order valence-electron chi connectivity index (χ0n) is 11.3. The second-order valence-electron chi connectivity index (χ2n) is 5.24. The molecule has 20 heavy (non-hydrogen) atoms. The second-order valence-corrected chi connectivity index (χ2v) is 5.24. The zero-order chi connectivity index (χ0) is 13.9. The molecule has 0 saturated carbocycles. The molecule has 5 heteroatoms. The standard InChI is InChI=1S/C15H18N2O3/c18-14(17-8-4-1-5-9-17)10-13-15(19)16-11-6-2-3-7-12(11)20-13/h2-3,6-7,13H,1,4-5,8-10H2,(H,16,19)/t13-/m0/s1. The van der Waals surface area contributed by atoms with Crippen molar-refractivity contribution in [2.75, 3.05) is 18.4 Å². The van der Waals surface area contributed by atoms with Gasteiger partial charge in [-0.25, -0.2) is 0 Å². The topological polar surface area (TPSA) is 58.6 Å². The van der Waals surface area contributed by atoms with Crippen molar-refractivity contribution in [2.45, 2.75) is 31.8 Å². The van der Waals surface area contributed by atoms with E-state index >= 15 is 0 Å². The molecule has 1 aromatic rings. The van der Waals surface area contributed by atoms with Crippen LogP contribution in [0.1, 0.15) is 25.7 Å². The predicted octanol–water partition coefficient (Wildman–Crippen LogP) is 1.79. The Kier molecular flexibility index (Phi) is 3.58. The Hall–Kier alpha value is -2.04. The number of rotatable bonds is 2. The van der Waals surface area contributed by atoms with Crippen molar-refractivity contribution in [3.63, 3.8) is 0 Å². The maximum absolute atomic E-state index is 12.2. The number of likely N-dealkylation sites (tertiary alicyclic amines) is 1. The number of ether oxygens (including phenoxy) is 1. The Bertz CT molecular complexity index is 524. The molecule has 1 atom stereocenters. The van der Waals surface area contributed by atoms with Gasteiger partial charge in [0.15, 0.2) is 6.10 Å². The first-order chi connectivity index (χ1) is 9.74. The van der Waals surface area contributed by atoms with E-state index in [-0.39, 0.29) is 18.2 Å². The predicted molar refractivity (Wildman–Crippen MR) is 74.5 cm³/mol. The fourth-order valence-electron chi connectivity index (χ4n) is 2.66. The molecule has 0 aromatic heterocycles. The van der Waals surface area contributed by atoms with Crippen LogP contribution in [0.5, 0.6) is 5.75 Å². The average molecular weight is 274 g/mol. The smallest absolute Gasteiger partial charge is 0.266 e. The van der Waals surface area contributed by atoms with Gasteiger partial charge in [-0.05, 0) is 31.4 Å². The number of hydrogen-bond donors (Lipinski definition) is 1. The van der Waals surface area contributed by atoms with Gasteiger partial charge < -0.3 is 15.0 Å². The fourth-order valence-corrected chi connectivity index (χ4v) is 2.66. The van der Waals surface area contributed by atoms with Crippen molar-refractivity contribution < 1.29 is 14.3 Å². The summed E-state index contributed by atoms with van der Waals surface area (Å²) < 4.78 is 5.65. The number of amides is 2. The molecule has 2 aliphatic rings. The SMILES string of the molecule is O=C1Nc2ccccc2O[C@H]1CC(=O)N1CCCCC1. The lowest BCUT2D eigenvalue weighted by Gasteiger charge is -2.30. The van der Waals surface area contributed by atoms with Crippen molar-refractivity contribution >= 4 is 17.5 Å². The minimum absolute atomic E-state index is 0.00392. The number of carbonyl (C=O) groups excluding carboxylic acids is 2. The minimum atomic E-state index is -0.723. The Morgan fingerprint density at radius 2 is 2.00 bits per heavy atom. The first-order valence-electron chi connectivity index (χ1n) is 7.08. The van der Waals surface area contributed by atoms with Crippen molar-refractivity contribution in [3.05, 3.63) is 24.3 Å². The summed E-state index contributed by atoms with van der Waals surface area (Å²) in [5, 5.41) is 2.78. The number of carbonyl (C=O) groups is 2. The van der Waals surface area contributed by atoms with E-state index < -0.39 is 6.10 Å². The normalized spacial score (nSPS) is 21.7. The summed E-state index contributed by atoms with van der Waals surface area (Å²) in [7, 11) is 0. The van der Waals surface area contributed by atoms with Gasteiger partial charge in [-0.2, -0.15) is 0 Å². The highest BCUT2D eigenvalue weighted by Crippen LogP contribution is 2.29. The van der Waals surface area contributed by atoms with Gasteiger partial charge in [-0.3, -0.25) is 9.59 Å². The summed E-state index contributed by atoms with van der Waals surface area (Å²) in [6.45, 7) is 1.59. The van der Waals surface area contributed by atoms with Crippen LogP contribution in [0.25, 0.3) is 0 Å².